The summed E-state index contributed by atoms with van der Waals surface area (Å²) in [6.07, 6.45) is -0.623. The molecule has 0 unspecified atom stereocenters. The van der Waals surface area contributed by atoms with E-state index in [0.29, 0.717) is 11.5 Å². The Morgan fingerprint density at radius 3 is 2.61 bits per heavy atom. The molecule has 0 spiro atoms. The minimum atomic E-state index is -0.623. The van der Waals surface area contributed by atoms with E-state index in [4.69, 9.17) is 20.3 Å². The van der Waals surface area contributed by atoms with Crippen LogP contribution in [0, 0.1) is 0 Å². The first-order chi connectivity index (χ1) is 8.49. The third-order valence-electron chi connectivity index (χ3n) is 2.37. The normalized spacial score (nSPS) is 11.8. The molecule has 18 heavy (non-hydrogen) atoms. The fourth-order valence-corrected chi connectivity index (χ4v) is 1.41. The van der Waals surface area contributed by atoms with Crippen molar-refractivity contribution in [2.75, 3.05) is 26.5 Å². The second kappa shape index (κ2) is 6.11. The van der Waals surface area contributed by atoms with Crippen molar-refractivity contribution in [1.82, 2.24) is 5.32 Å². The molecule has 0 aliphatic carbocycles. The number of carbonyl (C=O) groups is 1. The zero-order valence-corrected chi connectivity index (χ0v) is 10.7. The predicted molar refractivity (Wildman–Crippen MR) is 68.0 cm³/mol. The van der Waals surface area contributed by atoms with Crippen LogP contribution in [-0.4, -0.2) is 37.9 Å². The summed E-state index contributed by atoms with van der Waals surface area (Å²) in [4.78, 5) is 11.9. The number of hydrogen-bond donors (Lipinski definition) is 3. The molecule has 6 heteroatoms. The highest BCUT2D eigenvalue weighted by Gasteiger charge is 2.16. The van der Waals surface area contributed by atoms with Gasteiger partial charge in [0.2, 0.25) is 0 Å². The van der Waals surface area contributed by atoms with Gasteiger partial charge in [-0.25, -0.2) is 0 Å². The molecule has 6 nitrogen and oxygen atoms in total. The quantitative estimate of drug-likeness (QED) is 0.661. The number of benzene rings is 1. The lowest BCUT2D eigenvalue weighted by Crippen LogP contribution is -2.31. The fourth-order valence-electron chi connectivity index (χ4n) is 1.41. The standard InChI is InChI=1S/C12H18N2O4/c1-7(15)6-14-12(16)9-4-8(17-2)5-10(18-3)11(9)13/h4-5,7,15H,6,13H2,1-3H3,(H,14,16)/t7-/m0/s1. The van der Waals surface area contributed by atoms with Gasteiger partial charge in [0.25, 0.3) is 5.91 Å². The number of methoxy groups -OCH3 is 2. The van der Waals surface area contributed by atoms with Crippen molar-refractivity contribution in [2.45, 2.75) is 13.0 Å². The molecule has 0 fully saturated rings. The summed E-state index contributed by atoms with van der Waals surface area (Å²) in [7, 11) is 2.95. The third-order valence-corrected chi connectivity index (χ3v) is 2.37. The zero-order valence-electron chi connectivity index (χ0n) is 10.7. The molecule has 1 aromatic carbocycles. The second-order valence-electron chi connectivity index (χ2n) is 3.85. The van der Waals surface area contributed by atoms with Gasteiger partial charge in [-0.2, -0.15) is 0 Å². The maximum Gasteiger partial charge on any atom is 0.253 e. The summed E-state index contributed by atoms with van der Waals surface area (Å²) >= 11 is 0. The monoisotopic (exact) mass is 254 g/mol. The number of nitrogens with two attached hydrogens (primary N) is 1. The first-order valence-electron chi connectivity index (χ1n) is 5.47. The number of aliphatic hydroxyl groups excluding tert-OH is 1. The number of amides is 1. The number of hydrogen-bond acceptors (Lipinski definition) is 5. The van der Waals surface area contributed by atoms with Crippen LogP contribution in [0.15, 0.2) is 12.1 Å². The highest BCUT2D eigenvalue weighted by Crippen LogP contribution is 2.30. The number of rotatable bonds is 5. The Kier molecular flexibility index (Phi) is 4.79. The third kappa shape index (κ3) is 3.27. The molecule has 1 amide bonds. The molecule has 0 aliphatic rings. The van der Waals surface area contributed by atoms with Crippen LogP contribution in [0.2, 0.25) is 0 Å². The van der Waals surface area contributed by atoms with Crippen LogP contribution in [0.25, 0.3) is 0 Å². The average Bonchev–Trinajstić information content (AvgIpc) is 2.36. The van der Waals surface area contributed by atoms with Crippen molar-refractivity contribution >= 4 is 11.6 Å². The smallest absolute Gasteiger partial charge is 0.253 e. The van der Waals surface area contributed by atoms with E-state index in [-0.39, 0.29) is 23.7 Å². The Labute approximate surface area is 106 Å². The van der Waals surface area contributed by atoms with Gasteiger partial charge in [0, 0.05) is 12.6 Å². The molecule has 0 heterocycles. The highest BCUT2D eigenvalue weighted by atomic mass is 16.5. The molecule has 0 aromatic heterocycles. The van der Waals surface area contributed by atoms with Gasteiger partial charge in [0.05, 0.1) is 31.6 Å². The van der Waals surface area contributed by atoms with Gasteiger partial charge in [-0.3, -0.25) is 4.79 Å². The Morgan fingerprint density at radius 1 is 1.44 bits per heavy atom. The molecule has 0 aliphatic heterocycles. The molecular weight excluding hydrogens is 236 g/mol. The van der Waals surface area contributed by atoms with Gasteiger partial charge >= 0.3 is 0 Å². The Bertz CT molecular complexity index is 432. The first kappa shape index (κ1) is 14.1. The molecule has 1 atom stereocenters. The fraction of sp³-hybridized carbons (Fsp3) is 0.417. The Hall–Kier alpha value is -1.95. The van der Waals surface area contributed by atoms with Gasteiger partial charge in [0.1, 0.15) is 11.5 Å². The summed E-state index contributed by atoms with van der Waals surface area (Å²) in [5.41, 5.74) is 6.31. The maximum atomic E-state index is 11.9. The minimum Gasteiger partial charge on any atom is -0.497 e. The molecule has 0 saturated heterocycles. The van der Waals surface area contributed by atoms with E-state index >= 15 is 0 Å². The van der Waals surface area contributed by atoms with Crippen LogP contribution in [0.5, 0.6) is 11.5 Å². The molecule has 0 radical (unpaired) electrons. The van der Waals surface area contributed by atoms with Gasteiger partial charge < -0.3 is 25.6 Å². The van der Waals surface area contributed by atoms with Crippen molar-refractivity contribution in [3.8, 4) is 11.5 Å². The number of carbonyl (C=O) groups excluding carboxylic acids is 1. The Balaban J connectivity index is 3.02. The molecule has 4 N–H and O–H groups in total. The van der Waals surface area contributed by atoms with Crippen molar-refractivity contribution in [3.63, 3.8) is 0 Å². The van der Waals surface area contributed by atoms with Crippen LogP contribution < -0.4 is 20.5 Å². The second-order valence-corrected chi connectivity index (χ2v) is 3.85. The number of ether oxygens (including phenoxy) is 2. The summed E-state index contributed by atoms with van der Waals surface area (Å²) in [6.45, 7) is 1.73. The molecule has 1 rings (SSSR count). The highest BCUT2D eigenvalue weighted by molar-refractivity contribution is 6.00. The Morgan fingerprint density at radius 2 is 2.11 bits per heavy atom. The van der Waals surface area contributed by atoms with E-state index < -0.39 is 6.10 Å². The van der Waals surface area contributed by atoms with Crippen LogP contribution >= 0.6 is 0 Å². The SMILES string of the molecule is COc1cc(OC)c(N)c(C(=O)NC[C@H](C)O)c1. The van der Waals surface area contributed by atoms with E-state index in [2.05, 4.69) is 5.32 Å². The van der Waals surface area contributed by atoms with Crippen molar-refractivity contribution < 1.29 is 19.4 Å². The van der Waals surface area contributed by atoms with Crippen LogP contribution in [0.3, 0.4) is 0 Å². The van der Waals surface area contributed by atoms with Gasteiger partial charge in [-0.05, 0) is 13.0 Å². The predicted octanol–water partition coefficient (Wildman–Crippen LogP) is 0.397. The topological polar surface area (TPSA) is 93.8 Å². The van der Waals surface area contributed by atoms with Crippen molar-refractivity contribution in [3.05, 3.63) is 17.7 Å². The molecule has 1 aromatic rings. The molecular formula is C12H18N2O4. The number of anilines is 1. The van der Waals surface area contributed by atoms with E-state index in [9.17, 15) is 4.79 Å². The molecule has 0 bridgehead atoms. The van der Waals surface area contributed by atoms with Gasteiger partial charge in [0.15, 0.2) is 0 Å². The van der Waals surface area contributed by atoms with Crippen molar-refractivity contribution in [1.29, 1.82) is 0 Å². The van der Waals surface area contributed by atoms with E-state index in [1.54, 1.807) is 13.0 Å². The van der Waals surface area contributed by atoms with Gasteiger partial charge in [-0.15, -0.1) is 0 Å². The molecule has 100 valence electrons. The number of aliphatic hydroxyl groups is 1. The summed E-state index contributed by atoms with van der Waals surface area (Å²) < 4.78 is 10.1. The van der Waals surface area contributed by atoms with Crippen LogP contribution in [0.1, 0.15) is 17.3 Å². The lowest BCUT2D eigenvalue weighted by atomic mass is 10.1. The summed E-state index contributed by atoms with van der Waals surface area (Å²) in [6, 6.07) is 3.12. The lowest BCUT2D eigenvalue weighted by molar-refractivity contribution is 0.0924. The van der Waals surface area contributed by atoms with Crippen LogP contribution in [-0.2, 0) is 0 Å². The van der Waals surface area contributed by atoms with E-state index in [0.717, 1.165) is 0 Å². The van der Waals surface area contributed by atoms with Gasteiger partial charge in [-0.1, -0.05) is 0 Å². The summed E-state index contributed by atoms with van der Waals surface area (Å²) in [5.74, 6) is 0.463. The van der Waals surface area contributed by atoms with Crippen LogP contribution in [0.4, 0.5) is 5.69 Å². The maximum absolute atomic E-state index is 11.9. The average molecular weight is 254 g/mol. The summed E-state index contributed by atoms with van der Waals surface area (Å²) in [5, 5.41) is 11.7. The molecule has 0 saturated carbocycles. The van der Waals surface area contributed by atoms with Crippen molar-refractivity contribution in [2.24, 2.45) is 0 Å². The largest absolute Gasteiger partial charge is 0.497 e. The minimum absolute atomic E-state index is 0.151. The number of nitrogens with one attached hydrogen (secondary N) is 1. The van der Waals surface area contributed by atoms with E-state index in [1.165, 1.54) is 20.3 Å². The zero-order chi connectivity index (χ0) is 13.7. The lowest BCUT2D eigenvalue weighted by Gasteiger charge is -2.13. The first-order valence-corrected chi connectivity index (χ1v) is 5.47. The number of nitrogen functional groups attached to an aromatic ring is 1. The van der Waals surface area contributed by atoms with E-state index in [1.807, 2.05) is 0 Å².